The molecule has 0 bridgehead atoms. The summed E-state index contributed by atoms with van der Waals surface area (Å²) in [6.45, 7) is -2.91. The van der Waals surface area contributed by atoms with Crippen LogP contribution in [0.3, 0.4) is 0 Å². The fourth-order valence-corrected chi connectivity index (χ4v) is 2.48. The molecular weight excluding hydrogens is 306 g/mol. The number of thiophene rings is 1. The molecule has 0 N–H and O–H groups in total. The fourth-order valence-electron chi connectivity index (χ4n) is 1.52. The molecule has 2 nitrogen and oxygen atoms in total. The molecule has 20 heavy (non-hydrogen) atoms. The number of carbonyl (C=O) groups is 1. The van der Waals surface area contributed by atoms with Gasteiger partial charge in [0.15, 0.2) is 5.78 Å². The quantitative estimate of drug-likeness (QED) is 0.579. The lowest BCUT2D eigenvalue weighted by atomic mass is 10.1. The van der Waals surface area contributed by atoms with Crippen molar-refractivity contribution in [3.63, 3.8) is 0 Å². The smallest absolute Gasteiger partial charge is 0.387 e. The molecular formula is C14H9ClF2O2S. The summed E-state index contributed by atoms with van der Waals surface area (Å²) in [7, 11) is 0. The van der Waals surface area contributed by atoms with Crippen molar-refractivity contribution in [1.29, 1.82) is 0 Å². The van der Waals surface area contributed by atoms with E-state index in [0.29, 0.717) is 14.8 Å². The van der Waals surface area contributed by atoms with Crippen LogP contribution < -0.4 is 4.74 Å². The van der Waals surface area contributed by atoms with E-state index in [1.54, 1.807) is 30.3 Å². The Balaban J connectivity index is 2.17. The molecule has 1 heterocycles. The van der Waals surface area contributed by atoms with E-state index in [0.717, 1.165) is 11.3 Å². The van der Waals surface area contributed by atoms with Gasteiger partial charge in [0.25, 0.3) is 0 Å². The fraction of sp³-hybridized carbons (Fsp3) is 0.0714. The molecule has 0 unspecified atom stereocenters. The third kappa shape index (κ3) is 3.88. The van der Waals surface area contributed by atoms with Crippen molar-refractivity contribution in [3.05, 3.63) is 57.3 Å². The average molecular weight is 315 g/mol. The molecule has 1 aromatic heterocycles. The van der Waals surface area contributed by atoms with Gasteiger partial charge in [-0.05, 0) is 30.4 Å². The highest BCUT2D eigenvalue weighted by Gasteiger charge is 2.08. The molecule has 0 atom stereocenters. The van der Waals surface area contributed by atoms with Crippen LogP contribution in [0.4, 0.5) is 8.78 Å². The summed E-state index contributed by atoms with van der Waals surface area (Å²) in [5.41, 5.74) is 0.406. The normalized spacial score (nSPS) is 11.2. The third-order valence-electron chi connectivity index (χ3n) is 2.37. The van der Waals surface area contributed by atoms with E-state index in [4.69, 9.17) is 11.6 Å². The van der Waals surface area contributed by atoms with Crippen molar-refractivity contribution in [1.82, 2.24) is 0 Å². The lowest BCUT2D eigenvalue weighted by Crippen LogP contribution is -2.03. The number of alkyl halides is 2. The van der Waals surface area contributed by atoms with E-state index >= 15 is 0 Å². The Hall–Kier alpha value is -1.72. The highest BCUT2D eigenvalue weighted by molar-refractivity contribution is 7.18. The van der Waals surface area contributed by atoms with E-state index < -0.39 is 6.61 Å². The lowest BCUT2D eigenvalue weighted by molar-refractivity contribution is -0.0499. The summed E-state index contributed by atoms with van der Waals surface area (Å²) in [6, 6.07) is 9.49. The Morgan fingerprint density at radius 3 is 2.65 bits per heavy atom. The summed E-state index contributed by atoms with van der Waals surface area (Å²) in [5.74, 6) is -0.218. The van der Waals surface area contributed by atoms with Crippen LogP contribution in [0.2, 0.25) is 4.34 Å². The second kappa shape index (κ2) is 6.63. The largest absolute Gasteiger partial charge is 0.434 e. The maximum atomic E-state index is 12.2. The first kappa shape index (κ1) is 14.7. The lowest BCUT2D eigenvalue weighted by Gasteiger charge is -2.06. The van der Waals surface area contributed by atoms with Gasteiger partial charge in [-0.1, -0.05) is 29.8 Å². The number of allylic oxidation sites excluding steroid dienone is 1. The Labute approximate surface area is 123 Å². The number of hydrogen-bond donors (Lipinski definition) is 0. The summed E-state index contributed by atoms with van der Waals surface area (Å²) < 4.78 is 29.4. The summed E-state index contributed by atoms with van der Waals surface area (Å²) in [5, 5.41) is 0. The number of ketones is 1. The van der Waals surface area contributed by atoms with Gasteiger partial charge >= 0.3 is 6.61 Å². The molecule has 0 spiro atoms. The monoisotopic (exact) mass is 314 g/mol. The van der Waals surface area contributed by atoms with Crippen molar-refractivity contribution >= 4 is 34.8 Å². The van der Waals surface area contributed by atoms with Crippen molar-refractivity contribution in [2.45, 2.75) is 6.61 Å². The molecule has 0 radical (unpaired) electrons. The van der Waals surface area contributed by atoms with Crippen molar-refractivity contribution in [2.75, 3.05) is 0 Å². The zero-order valence-electron chi connectivity index (χ0n) is 10.1. The molecule has 104 valence electrons. The van der Waals surface area contributed by atoms with Gasteiger partial charge in [-0.3, -0.25) is 4.79 Å². The van der Waals surface area contributed by atoms with Crippen LogP contribution in [0.1, 0.15) is 15.2 Å². The zero-order valence-corrected chi connectivity index (χ0v) is 11.6. The first-order valence-corrected chi connectivity index (χ1v) is 6.77. The van der Waals surface area contributed by atoms with Crippen LogP contribution in [0.25, 0.3) is 6.08 Å². The molecule has 0 fully saturated rings. The van der Waals surface area contributed by atoms with Gasteiger partial charge in [0.2, 0.25) is 0 Å². The first-order chi connectivity index (χ1) is 9.56. The Kier molecular flexibility index (Phi) is 4.87. The maximum absolute atomic E-state index is 12.2. The van der Waals surface area contributed by atoms with Crippen LogP contribution in [0.15, 0.2) is 42.5 Å². The second-order valence-electron chi connectivity index (χ2n) is 3.72. The van der Waals surface area contributed by atoms with E-state index in [1.165, 1.54) is 18.2 Å². The van der Waals surface area contributed by atoms with Crippen molar-refractivity contribution < 1.29 is 18.3 Å². The summed E-state index contributed by atoms with van der Waals surface area (Å²) >= 11 is 6.90. The molecule has 0 saturated carbocycles. The Morgan fingerprint density at radius 1 is 1.25 bits per heavy atom. The number of para-hydroxylation sites is 1. The maximum Gasteiger partial charge on any atom is 0.387 e. The number of carbonyl (C=O) groups excluding carboxylic acids is 1. The molecule has 0 aliphatic rings. The van der Waals surface area contributed by atoms with Gasteiger partial charge in [-0.15, -0.1) is 11.3 Å². The van der Waals surface area contributed by atoms with Crippen LogP contribution in [-0.4, -0.2) is 12.4 Å². The van der Waals surface area contributed by atoms with E-state index in [2.05, 4.69) is 4.74 Å². The minimum Gasteiger partial charge on any atom is -0.434 e. The van der Waals surface area contributed by atoms with Gasteiger partial charge < -0.3 is 4.74 Å². The van der Waals surface area contributed by atoms with Gasteiger partial charge in [0.05, 0.1) is 9.21 Å². The SMILES string of the molecule is O=C(/C=C/c1ccccc1OC(F)F)c1ccc(Cl)s1. The molecule has 0 aliphatic carbocycles. The van der Waals surface area contributed by atoms with Crippen LogP contribution in [0, 0.1) is 0 Å². The molecule has 2 aromatic rings. The molecule has 2 rings (SSSR count). The molecule has 1 aromatic carbocycles. The van der Waals surface area contributed by atoms with Crippen LogP contribution in [-0.2, 0) is 0 Å². The van der Waals surface area contributed by atoms with Gasteiger partial charge in [-0.25, -0.2) is 0 Å². The third-order valence-corrected chi connectivity index (χ3v) is 3.61. The summed E-state index contributed by atoms with van der Waals surface area (Å²) in [6.07, 6.45) is 2.74. The minimum atomic E-state index is -2.91. The first-order valence-electron chi connectivity index (χ1n) is 5.58. The molecule has 0 amide bonds. The predicted molar refractivity (Wildman–Crippen MR) is 75.8 cm³/mol. The van der Waals surface area contributed by atoms with Gasteiger partial charge in [0.1, 0.15) is 5.75 Å². The van der Waals surface area contributed by atoms with Crippen molar-refractivity contribution in [2.24, 2.45) is 0 Å². The van der Waals surface area contributed by atoms with Crippen LogP contribution >= 0.6 is 22.9 Å². The molecule has 0 aliphatic heterocycles. The number of ether oxygens (including phenoxy) is 1. The minimum absolute atomic E-state index is 0.0239. The number of halogens is 3. The predicted octanol–water partition coefficient (Wildman–Crippen LogP) is 4.90. The zero-order chi connectivity index (χ0) is 14.5. The Morgan fingerprint density at radius 2 is 2.00 bits per heavy atom. The molecule has 6 heteroatoms. The van der Waals surface area contributed by atoms with Crippen molar-refractivity contribution in [3.8, 4) is 5.75 Å². The van der Waals surface area contributed by atoms with Gasteiger partial charge in [-0.2, -0.15) is 8.78 Å². The van der Waals surface area contributed by atoms with Crippen LogP contribution in [0.5, 0.6) is 5.75 Å². The standard InChI is InChI=1S/C14H9ClF2O2S/c15-13-8-7-12(20-13)10(18)6-5-9-3-1-2-4-11(9)19-14(16)17/h1-8,14H/b6-5+. The molecule has 0 saturated heterocycles. The second-order valence-corrected chi connectivity index (χ2v) is 5.43. The average Bonchev–Trinajstić information content (AvgIpc) is 2.83. The van der Waals surface area contributed by atoms with E-state index in [9.17, 15) is 13.6 Å². The number of rotatable bonds is 5. The highest BCUT2D eigenvalue weighted by Crippen LogP contribution is 2.24. The number of benzene rings is 1. The van der Waals surface area contributed by atoms with E-state index in [1.807, 2.05) is 0 Å². The van der Waals surface area contributed by atoms with Gasteiger partial charge in [0, 0.05) is 5.56 Å². The van der Waals surface area contributed by atoms with E-state index in [-0.39, 0.29) is 11.5 Å². The number of hydrogen-bond acceptors (Lipinski definition) is 3. The topological polar surface area (TPSA) is 26.3 Å². The summed E-state index contributed by atoms with van der Waals surface area (Å²) in [4.78, 5) is 12.3. The highest BCUT2D eigenvalue weighted by atomic mass is 35.5. The Bertz CT molecular complexity index is 638.